The fourth-order valence-electron chi connectivity index (χ4n) is 4.81. The molecule has 0 bridgehead atoms. The highest BCUT2D eigenvalue weighted by molar-refractivity contribution is 5.94. The van der Waals surface area contributed by atoms with E-state index in [4.69, 9.17) is 9.47 Å². The van der Waals surface area contributed by atoms with Crippen molar-refractivity contribution in [3.05, 3.63) is 17.0 Å². The number of fused-ring (bicyclic) bond motifs is 3. The van der Waals surface area contributed by atoms with Gasteiger partial charge in [-0.15, -0.1) is 0 Å². The van der Waals surface area contributed by atoms with Crippen molar-refractivity contribution >= 4 is 5.91 Å². The van der Waals surface area contributed by atoms with Gasteiger partial charge in [0, 0.05) is 55.3 Å². The highest BCUT2D eigenvalue weighted by Crippen LogP contribution is 2.44. The smallest absolute Gasteiger partial charge is 0.274 e. The Morgan fingerprint density at radius 3 is 2.96 bits per heavy atom. The number of hydrogen-bond donors (Lipinski definition) is 2. The molecule has 0 aliphatic carbocycles. The molecule has 25 heavy (non-hydrogen) atoms. The lowest BCUT2D eigenvalue weighted by Gasteiger charge is -2.57. The van der Waals surface area contributed by atoms with E-state index in [0.29, 0.717) is 45.1 Å². The molecule has 3 aliphatic rings. The van der Waals surface area contributed by atoms with Crippen LogP contribution in [-0.4, -0.2) is 70.7 Å². The standard InChI is InChI=1S/C18H27N3O4/c1-3-14-11(2)16(20-19-14)17(22)21-8-12-9-25-7-5-18(12,23)13-10-24-6-4-15(13)21/h12-13,15,23H,3-10H2,1-2H3,(H,19,20)/t12-,13+,15-,18-/m1/s1. The number of aromatic nitrogens is 2. The summed E-state index contributed by atoms with van der Waals surface area (Å²) < 4.78 is 11.3. The minimum absolute atomic E-state index is 0.00164. The lowest BCUT2D eigenvalue weighted by atomic mass is 9.66. The second-order valence-electron chi connectivity index (χ2n) is 7.54. The van der Waals surface area contributed by atoms with E-state index in [2.05, 4.69) is 10.2 Å². The van der Waals surface area contributed by atoms with Gasteiger partial charge in [-0.2, -0.15) is 5.10 Å². The van der Waals surface area contributed by atoms with Crippen molar-refractivity contribution in [3.8, 4) is 0 Å². The second kappa shape index (κ2) is 6.37. The molecule has 1 amide bonds. The molecular weight excluding hydrogens is 322 g/mol. The quantitative estimate of drug-likeness (QED) is 0.829. The number of H-pyrrole nitrogens is 1. The lowest BCUT2D eigenvalue weighted by molar-refractivity contribution is -0.212. The van der Waals surface area contributed by atoms with Crippen molar-refractivity contribution in [2.24, 2.45) is 11.8 Å². The molecule has 0 saturated carbocycles. The van der Waals surface area contributed by atoms with Gasteiger partial charge in [0.25, 0.3) is 5.91 Å². The maximum atomic E-state index is 13.3. The number of piperidine rings is 1. The first-order valence-electron chi connectivity index (χ1n) is 9.29. The van der Waals surface area contributed by atoms with Gasteiger partial charge in [0.2, 0.25) is 0 Å². The number of hydrogen-bond acceptors (Lipinski definition) is 5. The summed E-state index contributed by atoms with van der Waals surface area (Å²) in [7, 11) is 0. The third-order valence-electron chi connectivity index (χ3n) is 6.38. The Morgan fingerprint density at radius 1 is 1.40 bits per heavy atom. The summed E-state index contributed by atoms with van der Waals surface area (Å²) >= 11 is 0. The van der Waals surface area contributed by atoms with Crippen molar-refractivity contribution in [2.75, 3.05) is 33.0 Å². The van der Waals surface area contributed by atoms with Crippen LogP contribution >= 0.6 is 0 Å². The molecule has 4 rings (SSSR count). The van der Waals surface area contributed by atoms with Gasteiger partial charge in [-0.05, 0) is 19.8 Å². The summed E-state index contributed by atoms with van der Waals surface area (Å²) in [6, 6.07) is 0.00164. The Morgan fingerprint density at radius 2 is 2.20 bits per heavy atom. The van der Waals surface area contributed by atoms with Crippen LogP contribution in [0, 0.1) is 18.8 Å². The Balaban J connectivity index is 1.66. The van der Waals surface area contributed by atoms with Gasteiger partial charge in [-0.25, -0.2) is 0 Å². The van der Waals surface area contributed by atoms with E-state index in [-0.39, 0.29) is 23.8 Å². The number of nitrogens with zero attached hydrogens (tertiary/aromatic N) is 2. The van der Waals surface area contributed by atoms with Crippen molar-refractivity contribution in [1.82, 2.24) is 15.1 Å². The zero-order chi connectivity index (χ0) is 17.6. The van der Waals surface area contributed by atoms with Crippen molar-refractivity contribution in [2.45, 2.75) is 44.8 Å². The van der Waals surface area contributed by atoms with Crippen molar-refractivity contribution in [3.63, 3.8) is 0 Å². The number of carbonyl (C=O) groups is 1. The number of carbonyl (C=O) groups excluding carboxylic acids is 1. The Kier molecular flexibility index (Phi) is 4.33. The van der Waals surface area contributed by atoms with Crippen LogP contribution in [0.5, 0.6) is 0 Å². The number of nitrogens with one attached hydrogen (secondary N) is 1. The van der Waals surface area contributed by atoms with Crippen LogP contribution in [0.3, 0.4) is 0 Å². The third kappa shape index (κ3) is 2.60. The first-order valence-corrected chi connectivity index (χ1v) is 9.29. The largest absolute Gasteiger partial charge is 0.389 e. The maximum Gasteiger partial charge on any atom is 0.274 e. The Hall–Kier alpha value is -1.44. The van der Waals surface area contributed by atoms with Crippen LogP contribution in [0.25, 0.3) is 0 Å². The van der Waals surface area contributed by atoms with Gasteiger partial charge in [0.1, 0.15) is 0 Å². The molecule has 138 valence electrons. The molecule has 0 radical (unpaired) electrons. The van der Waals surface area contributed by atoms with Crippen LogP contribution in [-0.2, 0) is 15.9 Å². The van der Waals surface area contributed by atoms with Crippen molar-refractivity contribution < 1.29 is 19.4 Å². The van der Waals surface area contributed by atoms with Crippen LogP contribution in [0.15, 0.2) is 0 Å². The van der Waals surface area contributed by atoms with Gasteiger partial charge < -0.3 is 19.5 Å². The van der Waals surface area contributed by atoms with E-state index in [0.717, 1.165) is 24.1 Å². The molecule has 7 nitrogen and oxygen atoms in total. The molecule has 1 aromatic heterocycles. The molecule has 0 unspecified atom stereocenters. The molecule has 3 saturated heterocycles. The summed E-state index contributed by atoms with van der Waals surface area (Å²) in [5.41, 5.74) is 1.64. The van der Waals surface area contributed by atoms with Gasteiger partial charge in [0.05, 0.1) is 18.8 Å². The highest BCUT2D eigenvalue weighted by atomic mass is 16.5. The molecule has 4 atom stereocenters. The Bertz CT molecular complexity index is 661. The summed E-state index contributed by atoms with van der Waals surface area (Å²) in [6.07, 6.45) is 2.20. The minimum Gasteiger partial charge on any atom is -0.389 e. The Labute approximate surface area is 147 Å². The van der Waals surface area contributed by atoms with Crippen LogP contribution in [0.4, 0.5) is 0 Å². The zero-order valence-electron chi connectivity index (χ0n) is 15.0. The molecular formula is C18H27N3O4. The average Bonchev–Trinajstić information content (AvgIpc) is 3.01. The zero-order valence-corrected chi connectivity index (χ0v) is 15.0. The number of ether oxygens (including phenoxy) is 2. The van der Waals surface area contributed by atoms with E-state index in [1.165, 1.54) is 0 Å². The van der Waals surface area contributed by atoms with Crippen LogP contribution in [0.2, 0.25) is 0 Å². The predicted octanol–water partition coefficient (Wildman–Crippen LogP) is 0.909. The summed E-state index contributed by atoms with van der Waals surface area (Å²) in [4.78, 5) is 15.2. The summed E-state index contributed by atoms with van der Waals surface area (Å²) in [5, 5.41) is 18.6. The summed E-state index contributed by atoms with van der Waals surface area (Å²) in [5.74, 6) is -0.172. The van der Waals surface area contributed by atoms with E-state index < -0.39 is 5.60 Å². The van der Waals surface area contributed by atoms with E-state index >= 15 is 0 Å². The van der Waals surface area contributed by atoms with Crippen LogP contribution < -0.4 is 0 Å². The number of aryl methyl sites for hydroxylation is 1. The van der Waals surface area contributed by atoms with Gasteiger partial charge in [-0.1, -0.05) is 6.92 Å². The first kappa shape index (κ1) is 17.0. The fraction of sp³-hybridized carbons (Fsp3) is 0.778. The maximum absolute atomic E-state index is 13.3. The molecule has 0 aromatic carbocycles. The number of amides is 1. The number of likely N-dealkylation sites (tertiary alicyclic amines) is 1. The predicted molar refractivity (Wildman–Crippen MR) is 90.3 cm³/mol. The monoisotopic (exact) mass is 349 g/mol. The third-order valence-corrected chi connectivity index (χ3v) is 6.38. The molecule has 7 heteroatoms. The highest BCUT2D eigenvalue weighted by Gasteiger charge is 2.56. The fourth-order valence-corrected chi connectivity index (χ4v) is 4.81. The number of rotatable bonds is 2. The molecule has 2 N–H and O–H groups in total. The topological polar surface area (TPSA) is 87.7 Å². The van der Waals surface area contributed by atoms with Crippen LogP contribution in [0.1, 0.15) is 41.5 Å². The lowest BCUT2D eigenvalue weighted by Crippen LogP contribution is -2.68. The van der Waals surface area contributed by atoms with Gasteiger partial charge in [0.15, 0.2) is 5.69 Å². The number of aromatic amines is 1. The van der Waals surface area contributed by atoms with E-state index in [1.807, 2.05) is 18.7 Å². The van der Waals surface area contributed by atoms with Gasteiger partial charge >= 0.3 is 0 Å². The minimum atomic E-state index is -0.796. The molecule has 1 aromatic rings. The van der Waals surface area contributed by atoms with Gasteiger partial charge in [-0.3, -0.25) is 9.89 Å². The summed E-state index contributed by atoms with van der Waals surface area (Å²) in [6.45, 7) is 6.70. The number of aliphatic hydroxyl groups is 1. The van der Waals surface area contributed by atoms with Crippen molar-refractivity contribution in [1.29, 1.82) is 0 Å². The van der Waals surface area contributed by atoms with E-state index in [9.17, 15) is 9.90 Å². The molecule has 3 aliphatic heterocycles. The average molecular weight is 349 g/mol. The molecule has 4 heterocycles. The molecule has 0 spiro atoms. The SMILES string of the molecule is CCc1[nH]nc(C(=O)N2C[C@@H]3COCC[C@]3(O)[C@H]3COCC[C@H]32)c1C. The van der Waals surface area contributed by atoms with E-state index in [1.54, 1.807) is 0 Å². The first-order chi connectivity index (χ1) is 12.1. The second-order valence-corrected chi connectivity index (χ2v) is 7.54. The normalized spacial score (nSPS) is 35.2. The molecule has 3 fully saturated rings.